The smallest absolute Gasteiger partial charge is 0.497 e. The van der Waals surface area contributed by atoms with Gasteiger partial charge in [-0.25, -0.2) is 4.79 Å². The maximum Gasteiger partial charge on any atom is 0.504 e. The van der Waals surface area contributed by atoms with Crippen LogP contribution in [0.1, 0.15) is 5.56 Å². The number of aromatic nitrogens is 2. The molecule has 0 saturated carbocycles. The van der Waals surface area contributed by atoms with Crippen molar-refractivity contribution in [1.82, 2.24) is 5.10 Å². The molecule has 0 atom stereocenters. The molecule has 0 radical (unpaired) electrons. The van der Waals surface area contributed by atoms with E-state index in [0.717, 1.165) is 27.2 Å². The summed E-state index contributed by atoms with van der Waals surface area (Å²) in [4.78, 5) is 12.1. The lowest BCUT2D eigenvalue weighted by Gasteiger charge is -2.03. The molecule has 100 valence electrons. The van der Waals surface area contributed by atoms with Crippen molar-refractivity contribution in [3.05, 3.63) is 57.7 Å². The van der Waals surface area contributed by atoms with Crippen molar-refractivity contribution in [3.63, 3.8) is 0 Å². The van der Waals surface area contributed by atoms with Gasteiger partial charge in [0.05, 0.1) is 11.8 Å². The summed E-state index contributed by atoms with van der Waals surface area (Å²) in [5.41, 5.74) is 2.51. The molecule has 0 aliphatic heterocycles. The van der Waals surface area contributed by atoms with Gasteiger partial charge in [-0.2, -0.15) is 0 Å². The lowest BCUT2D eigenvalue weighted by atomic mass is 10.2. The molecule has 3 aromatic rings. The van der Waals surface area contributed by atoms with Gasteiger partial charge < -0.3 is 4.74 Å². The molecule has 0 aliphatic carbocycles. The van der Waals surface area contributed by atoms with E-state index >= 15 is 0 Å². The first kappa shape index (κ1) is 12.7. The summed E-state index contributed by atoms with van der Waals surface area (Å²) in [5.74, 6) is 0.743. The van der Waals surface area contributed by atoms with Crippen molar-refractivity contribution in [2.45, 2.75) is 6.92 Å². The first-order valence-electron chi connectivity index (χ1n) is 6.16. The third-order valence-corrected chi connectivity index (χ3v) is 4.12. The predicted molar refractivity (Wildman–Crippen MR) is 78.7 cm³/mol. The molecule has 0 unspecified atom stereocenters. The zero-order valence-corrected chi connectivity index (χ0v) is 12.0. The van der Waals surface area contributed by atoms with Crippen LogP contribution in [0.3, 0.4) is 0 Å². The van der Waals surface area contributed by atoms with Crippen molar-refractivity contribution >= 4 is 21.6 Å². The average molecular weight is 285 g/mol. The van der Waals surface area contributed by atoms with E-state index in [-0.39, 0.29) is 4.87 Å². The standard InChI is InChI=1S/C15H13N2O2S/c1-10-8-12(19-2)9-13-14(10)20-15(18)17(16-13)11-6-4-3-5-7-11/h3-9H,1-2H3/q+1. The lowest BCUT2D eigenvalue weighted by Crippen LogP contribution is -2.49. The summed E-state index contributed by atoms with van der Waals surface area (Å²) in [6.07, 6.45) is 0. The summed E-state index contributed by atoms with van der Waals surface area (Å²) in [5, 5.41) is 4.45. The molecule has 4 nitrogen and oxygen atoms in total. The van der Waals surface area contributed by atoms with Gasteiger partial charge in [-0.1, -0.05) is 18.2 Å². The molecule has 0 bridgehead atoms. The van der Waals surface area contributed by atoms with Gasteiger partial charge in [0, 0.05) is 28.0 Å². The van der Waals surface area contributed by atoms with E-state index in [1.807, 2.05) is 49.4 Å². The molecule has 0 spiro atoms. The first-order valence-corrected chi connectivity index (χ1v) is 6.98. The Balaban J connectivity index is 2.31. The number of aryl methyl sites for hydroxylation is 1. The summed E-state index contributed by atoms with van der Waals surface area (Å²) >= 11 is 1.20. The van der Waals surface area contributed by atoms with E-state index in [2.05, 4.69) is 5.10 Å². The normalized spacial score (nSPS) is 10.7. The quantitative estimate of drug-likeness (QED) is 0.678. The number of nitrogens with zero attached hydrogens (tertiary/aromatic N) is 2. The second kappa shape index (κ2) is 5.02. The van der Waals surface area contributed by atoms with Crippen LogP contribution < -0.4 is 14.3 Å². The fourth-order valence-electron chi connectivity index (χ4n) is 2.06. The highest BCUT2D eigenvalue weighted by Crippen LogP contribution is 2.24. The monoisotopic (exact) mass is 285 g/mol. The molecule has 2 aromatic carbocycles. The van der Waals surface area contributed by atoms with Crippen LogP contribution in [0.5, 0.6) is 5.75 Å². The van der Waals surface area contributed by atoms with Gasteiger partial charge in [0.1, 0.15) is 5.75 Å². The van der Waals surface area contributed by atoms with Gasteiger partial charge in [0.25, 0.3) is 0 Å². The predicted octanol–water partition coefficient (Wildman–Crippen LogP) is 2.25. The Bertz CT molecular complexity index is 828. The highest BCUT2D eigenvalue weighted by Gasteiger charge is 2.17. The van der Waals surface area contributed by atoms with Gasteiger partial charge in [-0.15, -0.1) is 0 Å². The van der Waals surface area contributed by atoms with Crippen LogP contribution in [0.25, 0.3) is 15.9 Å². The number of benzene rings is 2. The minimum atomic E-state index is -0.100. The summed E-state index contributed by atoms with van der Waals surface area (Å²) in [6, 6.07) is 13.2. The summed E-state index contributed by atoms with van der Waals surface area (Å²) in [6.45, 7) is 1.95. The molecule has 1 heterocycles. The zero-order valence-electron chi connectivity index (χ0n) is 11.2. The fourth-order valence-corrected chi connectivity index (χ4v) is 2.89. The largest absolute Gasteiger partial charge is 0.504 e. The van der Waals surface area contributed by atoms with Crippen LogP contribution in [0.4, 0.5) is 0 Å². The Hall–Kier alpha value is -2.27. The van der Waals surface area contributed by atoms with E-state index < -0.39 is 0 Å². The Morgan fingerprint density at radius 2 is 1.95 bits per heavy atom. The second-order valence-corrected chi connectivity index (χ2v) is 5.37. The van der Waals surface area contributed by atoms with Gasteiger partial charge in [0.2, 0.25) is 5.69 Å². The van der Waals surface area contributed by atoms with Crippen molar-refractivity contribution < 1.29 is 9.42 Å². The maximum atomic E-state index is 12.2. The Morgan fingerprint density at radius 1 is 1.20 bits per heavy atom. The second-order valence-electron chi connectivity index (χ2n) is 4.41. The van der Waals surface area contributed by atoms with E-state index in [1.54, 1.807) is 7.11 Å². The van der Waals surface area contributed by atoms with Gasteiger partial charge >= 0.3 is 4.87 Å². The van der Waals surface area contributed by atoms with Crippen molar-refractivity contribution in [1.29, 1.82) is 0 Å². The number of para-hydroxylation sites is 1. The summed E-state index contributed by atoms with van der Waals surface area (Å²) < 4.78 is 7.57. The fraction of sp³-hybridized carbons (Fsp3) is 0.133. The highest BCUT2D eigenvalue weighted by molar-refractivity contribution is 7.15. The van der Waals surface area contributed by atoms with Crippen LogP contribution >= 0.6 is 11.3 Å². The van der Waals surface area contributed by atoms with Crippen molar-refractivity contribution in [3.8, 4) is 11.4 Å². The minimum absolute atomic E-state index is 0.100. The van der Waals surface area contributed by atoms with Crippen LogP contribution in [0.15, 0.2) is 47.3 Å². The van der Waals surface area contributed by atoms with E-state index in [9.17, 15) is 4.79 Å². The third-order valence-electron chi connectivity index (χ3n) is 3.04. The zero-order chi connectivity index (χ0) is 14.1. The van der Waals surface area contributed by atoms with Crippen LogP contribution in [-0.4, -0.2) is 12.2 Å². The Morgan fingerprint density at radius 3 is 2.65 bits per heavy atom. The molecular formula is C15H13N2O2S+. The summed E-state index contributed by atoms with van der Waals surface area (Å²) in [7, 11) is 1.62. The number of hydrogen-bond acceptors (Lipinski definition) is 4. The molecule has 0 N–H and O–H groups in total. The molecule has 0 aliphatic rings. The molecule has 0 amide bonds. The Kier molecular flexibility index (Phi) is 3.20. The Labute approximate surface area is 119 Å². The maximum absolute atomic E-state index is 12.2. The van der Waals surface area contributed by atoms with Crippen LogP contribution in [-0.2, 0) is 0 Å². The van der Waals surface area contributed by atoms with Crippen molar-refractivity contribution in [2.75, 3.05) is 7.11 Å². The van der Waals surface area contributed by atoms with Crippen LogP contribution in [0.2, 0.25) is 0 Å². The molecule has 20 heavy (non-hydrogen) atoms. The van der Waals surface area contributed by atoms with Crippen LogP contribution in [0, 0.1) is 6.92 Å². The average Bonchev–Trinajstić information content (AvgIpc) is 2.48. The number of ether oxygens (including phenoxy) is 1. The van der Waals surface area contributed by atoms with Gasteiger partial charge in [-0.05, 0) is 29.9 Å². The number of hydrogen-bond donors (Lipinski definition) is 0. The highest BCUT2D eigenvalue weighted by atomic mass is 32.1. The lowest BCUT2D eigenvalue weighted by molar-refractivity contribution is -0.667. The number of methoxy groups -OCH3 is 1. The van der Waals surface area contributed by atoms with Crippen molar-refractivity contribution in [2.24, 2.45) is 0 Å². The minimum Gasteiger partial charge on any atom is -0.497 e. The SMILES string of the molecule is COc1cc(C)c2sc(=O)[n+](-c3ccccc3)nc2c1. The van der Waals surface area contributed by atoms with E-state index in [0.29, 0.717) is 0 Å². The number of rotatable bonds is 2. The third kappa shape index (κ3) is 2.16. The molecule has 5 heteroatoms. The first-order chi connectivity index (χ1) is 9.69. The van der Waals surface area contributed by atoms with Gasteiger partial charge in [-0.3, -0.25) is 0 Å². The topological polar surface area (TPSA) is 43.1 Å². The molecule has 3 rings (SSSR count). The molecular weight excluding hydrogens is 272 g/mol. The van der Waals surface area contributed by atoms with Gasteiger partial charge in [0.15, 0.2) is 5.52 Å². The number of fused-ring (bicyclic) bond motifs is 1. The van der Waals surface area contributed by atoms with E-state index in [1.165, 1.54) is 16.0 Å². The molecule has 1 aromatic heterocycles. The van der Waals surface area contributed by atoms with E-state index in [4.69, 9.17) is 4.74 Å². The molecule has 0 saturated heterocycles. The molecule has 0 fully saturated rings.